The summed E-state index contributed by atoms with van der Waals surface area (Å²) in [6, 6.07) is 8.43. The Labute approximate surface area is 95.9 Å². The Morgan fingerprint density at radius 3 is 2.67 bits per heavy atom. The van der Waals surface area contributed by atoms with Crippen LogP contribution in [0.15, 0.2) is 29.2 Å². The number of hydrogen-bond donors (Lipinski definition) is 1. The van der Waals surface area contributed by atoms with Crippen molar-refractivity contribution >= 4 is 11.8 Å². The van der Waals surface area contributed by atoms with Crippen molar-refractivity contribution in [1.29, 1.82) is 0 Å². The fourth-order valence-electron chi connectivity index (χ4n) is 2.07. The van der Waals surface area contributed by atoms with Crippen LogP contribution in [0.4, 0.5) is 0 Å². The molecule has 0 spiro atoms. The third kappa shape index (κ3) is 2.76. The fraction of sp³-hybridized carbons (Fsp3) is 0.538. The van der Waals surface area contributed by atoms with Gasteiger partial charge < -0.3 is 5.11 Å². The predicted molar refractivity (Wildman–Crippen MR) is 65.3 cm³/mol. The molecule has 2 atom stereocenters. The van der Waals surface area contributed by atoms with E-state index in [1.54, 1.807) is 0 Å². The maximum atomic E-state index is 9.90. The Kier molecular flexibility index (Phi) is 3.71. The van der Waals surface area contributed by atoms with Gasteiger partial charge in [0.25, 0.3) is 0 Å². The molecule has 82 valence electrons. The molecule has 1 nitrogen and oxygen atoms in total. The van der Waals surface area contributed by atoms with E-state index < -0.39 is 0 Å². The number of aryl methyl sites for hydroxylation is 1. The van der Waals surface area contributed by atoms with Gasteiger partial charge in [-0.15, -0.1) is 11.8 Å². The highest BCUT2D eigenvalue weighted by molar-refractivity contribution is 8.00. The van der Waals surface area contributed by atoms with Gasteiger partial charge in [-0.05, 0) is 31.4 Å². The molecule has 1 aromatic rings. The van der Waals surface area contributed by atoms with Gasteiger partial charge in [-0.1, -0.05) is 31.0 Å². The van der Waals surface area contributed by atoms with Crippen molar-refractivity contribution in [2.45, 2.75) is 48.9 Å². The standard InChI is InChI=1S/C13H18OS/c1-10-6-2-4-8-12(10)15-13-9-5-3-7-11(13)14/h2,4,6,8,11,13-14H,3,5,7,9H2,1H3. The van der Waals surface area contributed by atoms with Crippen LogP contribution in [-0.4, -0.2) is 16.5 Å². The van der Waals surface area contributed by atoms with Crippen molar-refractivity contribution in [3.05, 3.63) is 29.8 Å². The molecule has 1 aromatic carbocycles. The van der Waals surface area contributed by atoms with Gasteiger partial charge >= 0.3 is 0 Å². The number of benzene rings is 1. The van der Waals surface area contributed by atoms with Gasteiger partial charge in [-0.3, -0.25) is 0 Å². The highest BCUT2D eigenvalue weighted by Gasteiger charge is 2.24. The molecule has 0 aliphatic heterocycles. The number of thioether (sulfide) groups is 1. The van der Waals surface area contributed by atoms with Crippen molar-refractivity contribution in [2.24, 2.45) is 0 Å². The average molecular weight is 222 g/mol. The zero-order valence-electron chi connectivity index (χ0n) is 9.15. The summed E-state index contributed by atoms with van der Waals surface area (Å²) < 4.78 is 0. The summed E-state index contributed by atoms with van der Waals surface area (Å²) in [4.78, 5) is 1.32. The quantitative estimate of drug-likeness (QED) is 0.827. The lowest BCUT2D eigenvalue weighted by Crippen LogP contribution is -2.26. The monoisotopic (exact) mass is 222 g/mol. The minimum absolute atomic E-state index is 0.108. The molecule has 2 rings (SSSR count). The number of aliphatic hydroxyl groups is 1. The van der Waals surface area contributed by atoms with E-state index in [2.05, 4.69) is 31.2 Å². The lowest BCUT2D eigenvalue weighted by molar-refractivity contribution is 0.137. The van der Waals surface area contributed by atoms with E-state index in [0.29, 0.717) is 5.25 Å². The molecule has 0 bridgehead atoms. The van der Waals surface area contributed by atoms with Gasteiger partial charge in [0.15, 0.2) is 0 Å². The van der Waals surface area contributed by atoms with Crippen LogP contribution in [0.1, 0.15) is 31.2 Å². The van der Waals surface area contributed by atoms with Gasteiger partial charge in [-0.25, -0.2) is 0 Å². The van der Waals surface area contributed by atoms with Crippen LogP contribution >= 0.6 is 11.8 Å². The molecule has 2 heteroatoms. The lowest BCUT2D eigenvalue weighted by atomic mass is 9.97. The van der Waals surface area contributed by atoms with E-state index in [4.69, 9.17) is 0 Å². The van der Waals surface area contributed by atoms with E-state index in [-0.39, 0.29) is 6.10 Å². The molecule has 1 fully saturated rings. The van der Waals surface area contributed by atoms with E-state index in [9.17, 15) is 5.11 Å². The molecule has 0 saturated heterocycles. The first-order valence-corrected chi connectivity index (χ1v) is 6.55. The minimum atomic E-state index is -0.108. The van der Waals surface area contributed by atoms with E-state index in [1.165, 1.54) is 23.3 Å². The molecule has 1 saturated carbocycles. The largest absolute Gasteiger partial charge is 0.392 e. The Morgan fingerprint density at radius 2 is 1.93 bits per heavy atom. The van der Waals surface area contributed by atoms with Crippen molar-refractivity contribution in [2.75, 3.05) is 0 Å². The molecule has 1 aliphatic carbocycles. The Bertz CT molecular complexity index is 324. The Balaban J connectivity index is 2.04. The molecule has 1 N–H and O–H groups in total. The maximum Gasteiger partial charge on any atom is 0.0662 e. The number of rotatable bonds is 2. The van der Waals surface area contributed by atoms with Gasteiger partial charge in [-0.2, -0.15) is 0 Å². The molecule has 15 heavy (non-hydrogen) atoms. The van der Waals surface area contributed by atoms with Crippen LogP contribution in [0.3, 0.4) is 0 Å². The topological polar surface area (TPSA) is 20.2 Å². The first kappa shape index (κ1) is 11.0. The molecular weight excluding hydrogens is 204 g/mol. The van der Waals surface area contributed by atoms with Gasteiger partial charge in [0, 0.05) is 10.1 Å². The molecule has 1 aliphatic rings. The van der Waals surface area contributed by atoms with Gasteiger partial charge in [0.2, 0.25) is 0 Å². The van der Waals surface area contributed by atoms with Crippen molar-refractivity contribution < 1.29 is 5.11 Å². The molecule has 0 heterocycles. The highest BCUT2D eigenvalue weighted by Crippen LogP contribution is 2.35. The summed E-state index contributed by atoms with van der Waals surface area (Å²) in [5.74, 6) is 0. The van der Waals surface area contributed by atoms with Crippen LogP contribution in [0, 0.1) is 6.92 Å². The van der Waals surface area contributed by atoms with Crippen LogP contribution in [0.25, 0.3) is 0 Å². The van der Waals surface area contributed by atoms with E-state index in [0.717, 1.165) is 12.8 Å². The van der Waals surface area contributed by atoms with Crippen molar-refractivity contribution in [3.8, 4) is 0 Å². The molecule has 0 radical (unpaired) electrons. The minimum Gasteiger partial charge on any atom is -0.392 e. The van der Waals surface area contributed by atoms with E-state index in [1.807, 2.05) is 11.8 Å². The van der Waals surface area contributed by atoms with Gasteiger partial charge in [0.05, 0.1) is 6.10 Å². The second-order valence-electron chi connectivity index (χ2n) is 4.27. The van der Waals surface area contributed by atoms with Crippen molar-refractivity contribution in [1.82, 2.24) is 0 Å². The highest BCUT2D eigenvalue weighted by atomic mass is 32.2. The lowest BCUT2D eigenvalue weighted by Gasteiger charge is -2.27. The zero-order chi connectivity index (χ0) is 10.7. The maximum absolute atomic E-state index is 9.90. The predicted octanol–water partition coefficient (Wildman–Crippen LogP) is 3.39. The molecular formula is C13H18OS. The van der Waals surface area contributed by atoms with Crippen LogP contribution in [0.5, 0.6) is 0 Å². The average Bonchev–Trinajstić information content (AvgIpc) is 2.24. The summed E-state index contributed by atoms with van der Waals surface area (Å²) in [7, 11) is 0. The van der Waals surface area contributed by atoms with Crippen LogP contribution in [0.2, 0.25) is 0 Å². The SMILES string of the molecule is Cc1ccccc1SC1CCCCC1O. The summed E-state index contributed by atoms with van der Waals surface area (Å²) in [5, 5.41) is 10.3. The summed E-state index contributed by atoms with van der Waals surface area (Å²) in [6.45, 7) is 2.14. The van der Waals surface area contributed by atoms with Crippen LogP contribution < -0.4 is 0 Å². The summed E-state index contributed by atoms with van der Waals surface area (Å²) in [5.41, 5.74) is 1.32. The number of aliphatic hydroxyl groups excluding tert-OH is 1. The first-order valence-electron chi connectivity index (χ1n) is 5.68. The molecule has 0 aromatic heterocycles. The summed E-state index contributed by atoms with van der Waals surface area (Å²) >= 11 is 1.85. The second kappa shape index (κ2) is 5.04. The van der Waals surface area contributed by atoms with E-state index >= 15 is 0 Å². The third-order valence-corrected chi connectivity index (χ3v) is 4.60. The smallest absolute Gasteiger partial charge is 0.0662 e. The zero-order valence-corrected chi connectivity index (χ0v) is 9.96. The summed E-state index contributed by atoms with van der Waals surface area (Å²) in [6.07, 6.45) is 4.47. The third-order valence-electron chi connectivity index (χ3n) is 3.04. The Hall–Kier alpha value is -0.470. The molecule has 0 amide bonds. The van der Waals surface area contributed by atoms with Crippen molar-refractivity contribution in [3.63, 3.8) is 0 Å². The first-order chi connectivity index (χ1) is 7.27. The fourth-order valence-corrected chi connectivity index (χ4v) is 3.38. The van der Waals surface area contributed by atoms with Gasteiger partial charge in [0.1, 0.15) is 0 Å². The van der Waals surface area contributed by atoms with Crippen LogP contribution in [-0.2, 0) is 0 Å². The second-order valence-corrected chi connectivity index (χ2v) is 5.55. The normalized spacial score (nSPS) is 26.5. The molecule has 2 unspecified atom stereocenters. The number of hydrogen-bond acceptors (Lipinski definition) is 2. The Morgan fingerprint density at radius 1 is 1.20 bits per heavy atom.